The quantitative estimate of drug-likeness (QED) is 0.537. The number of aromatic nitrogens is 6. The van der Waals surface area contributed by atoms with Gasteiger partial charge in [0.1, 0.15) is 12.2 Å². The van der Waals surface area contributed by atoms with Gasteiger partial charge < -0.3 is 9.47 Å². The molecule has 8 nitrogen and oxygen atoms in total. The second-order valence-electron chi connectivity index (χ2n) is 7.41. The molecule has 0 unspecified atom stereocenters. The molecule has 1 aliphatic rings. The van der Waals surface area contributed by atoms with Crippen molar-refractivity contribution in [3.63, 3.8) is 0 Å². The van der Waals surface area contributed by atoms with Crippen LogP contribution < -0.4 is 0 Å². The van der Waals surface area contributed by atoms with Gasteiger partial charge in [0.05, 0.1) is 18.2 Å². The number of pyridine rings is 1. The van der Waals surface area contributed by atoms with Gasteiger partial charge in [-0.2, -0.15) is 0 Å². The summed E-state index contributed by atoms with van der Waals surface area (Å²) in [5, 5.41) is 16.8. The van der Waals surface area contributed by atoms with Crippen LogP contribution in [0.4, 0.5) is 0 Å². The lowest BCUT2D eigenvalue weighted by atomic mass is 10.1. The van der Waals surface area contributed by atoms with Crippen LogP contribution in [0.25, 0.3) is 5.65 Å². The maximum Gasteiger partial charge on any atom is 0.258 e. The molecule has 146 valence electrons. The lowest BCUT2D eigenvalue weighted by molar-refractivity contribution is 0.0681. The zero-order valence-electron chi connectivity index (χ0n) is 16.1. The summed E-state index contributed by atoms with van der Waals surface area (Å²) >= 11 is 0. The van der Waals surface area contributed by atoms with Crippen LogP contribution in [0.2, 0.25) is 0 Å². The Labute approximate surface area is 167 Å². The molecule has 0 saturated carbocycles. The molecular weight excluding hydrogens is 366 g/mol. The molecular formula is C21H21N7O. The molecule has 0 fully saturated rings. The van der Waals surface area contributed by atoms with Gasteiger partial charge in [-0.25, -0.2) is 0 Å². The highest BCUT2D eigenvalue weighted by Crippen LogP contribution is 2.24. The number of hydrogen-bond donors (Lipinski definition) is 0. The van der Waals surface area contributed by atoms with Crippen molar-refractivity contribution in [1.82, 2.24) is 34.3 Å². The second kappa shape index (κ2) is 7.12. The first-order valence-corrected chi connectivity index (χ1v) is 9.75. The summed E-state index contributed by atoms with van der Waals surface area (Å²) in [5.41, 5.74) is 2.40. The highest BCUT2D eigenvalue weighted by atomic mass is 16.2. The van der Waals surface area contributed by atoms with E-state index in [9.17, 15) is 4.79 Å². The number of hydrogen-bond acceptors (Lipinski definition) is 5. The van der Waals surface area contributed by atoms with E-state index in [0.717, 1.165) is 24.5 Å². The first kappa shape index (κ1) is 17.5. The van der Waals surface area contributed by atoms with E-state index in [1.165, 1.54) is 5.56 Å². The van der Waals surface area contributed by atoms with Crippen molar-refractivity contribution in [3.8, 4) is 0 Å². The van der Waals surface area contributed by atoms with E-state index in [4.69, 9.17) is 0 Å². The maximum absolute atomic E-state index is 13.2. The summed E-state index contributed by atoms with van der Waals surface area (Å²) in [4.78, 5) is 15.0. The Balaban J connectivity index is 1.37. The molecule has 0 radical (unpaired) electrons. The van der Waals surface area contributed by atoms with Crippen molar-refractivity contribution in [2.24, 2.45) is 0 Å². The topological polar surface area (TPSA) is 81.2 Å². The van der Waals surface area contributed by atoms with Gasteiger partial charge in [-0.1, -0.05) is 30.3 Å². The fourth-order valence-electron chi connectivity index (χ4n) is 4.03. The fraction of sp³-hybridized carbons (Fsp3) is 0.286. The molecule has 0 spiro atoms. The SMILES string of the molecule is C[C@H]1CN(C(=O)c2cccn3cnnc23)Cc2nnc(CCc3ccccc3)n21. The highest BCUT2D eigenvalue weighted by molar-refractivity contribution is 5.99. The lowest BCUT2D eigenvalue weighted by Gasteiger charge is -2.32. The van der Waals surface area contributed by atoms with Crippen LogP contribution in [0.1, 0.15) is 40.5 Å². The minimum atomic E-state index is -0.0597. The molecule has 4 aromatic rings. The van der Waals surface area contributed by atoms with Crippen LogP contribution in [-0.2, 0) is 19.4 Å². The Morgan fingerprint density at radius 1 is 1.07 bits per heavy atom. The van der Waals surface area contributed by atoms with Crippen molar-refractivity contribution in [2.45, 2.75) is 32.4 Å². The van der Waals surface area contributed by atoms with Gasteiger partial charge >= 0.3 is 0 Å². The molecule has 4 heterocycles. The van der Waals surface area contributed by atoms with E-state index in [2.05, 4.69) is 56.2 Å². The van der Waals surface area contributed by atoms with Gasteiger partial charge in [-0.15, -0.1) is 20.4 Å². The van der Waals surface area contributed by atoms with Crippen LogP contribution in [0.5, 0.6) is 0 Å². The van der Waals surface area contributed by atoms with E-state index >= 15 is 0 Å². The van der Waals surface area contributed by atoms with Crippen molar-refractivity contribution in [3.05, 3.63) is 77.8 Å². The molecule has 0 N–H and O–H groups in total. The molecule has 1 atom stereocenters. The minimum Gasteiger partial charge on any atom is -0.329 e. The van der Waals surface area contributed by atoms with Crippen LogP contribution >= 0.6 is 0 Å². The Kier molecular flexibility index (Phi) is 4.31. The summed E-state index contributed by atoms with van der Waals surface area (Å²) in [7, 11) is 0. The molecule has 0 bridgehead atoms. The Hall–Kier alpha value is -3.55. The third-order valence-corrected chi connectivity index (χ3v) is 5.42. The Bertz CT molecular complexity index is 1160. The summed E-state index contributed by atoms with van der Waals surface area (Å²) in [5.74, 6) is 1.74. The predicted molar refractivity (Wildman–Crippen MR) is 106 cm³/mol. The van der Waals surface area contributed by atoms with E-state index in [-0.39, 0.29) is 11.9 Å². The number of carbonyl (C=O) groups excluding carboxylic acids is 1. The number of fused-ring (bicyclic) bond motifs is 2. The average molecular weight is 387 g/mol. The Morgan fingerprint density at radius 3 is 2.79 bits per heavy atom. The molecule has 29 heavy (non-hydrogen) atoms. The van der Waals surface area contributed by atoms with Crippen LogP contribution in [0, 0.1) is 0 Å². The molecule has 0 aliphatic carbocycles. The van der Waals surface area contributed by atoms with E-state index in [1.54, 1.807) is 16.8 Å². The normalized spacial score (nSPS) is 16.2. The molecule has 1 aliphatic heterocycles. The summed E-state index contributed by atoms with van der Waals surface area (Å²) in [6.07, 6.45) is 5.18. The van der Waals surface area contributed by atoms with Crippen molar-refractivity contribution in [1.29, 1.82) is 0 Å². The highest BCUT2D eigenvalue weighted by Gasteiger charge is 2.30. The van der Waals surface area contributed by atoms with E-state index in [0.29, 0.717) is 24.3 Å². The predicted octanol–water partition coefficient (Wildman–Crippen LogP) is 2.32. The van der Waals surface area contributed by atoms with Crippen LogP contribution in [0.15, 0.2) is 55.0 Å². The Morgan fingerprint density at radius 2 is 1.93 bits per heavy atom. The second-order valence-corrected chi connectivity index (χ2v) is 7.41. The number of amides is 1. The van der Waals surface area contributed by atoms with Crippen molar-refractivity contribution in [2.75, 3.05) is 6.54 Å². The number of nitrogens with zero attached hydrogens (tertiary/aromatic N) is 7. The number of carbonyl (C=O) groups is 1. The largest absolute Gasteiger partial charge is 0.329 e. The fourth-order valence-corrected chi connectivity index (χ4v) is 4.03. The van der Waals surface area contributed by atoms with Gasteiger partial charge in [0.2, 0.25) is 0 Å². The minimum absolute atomic E-state index is 0.0597. The standard InChI is InChI=1S/C21H21N7O/c1-15-12-27(21(29)17-8-5-11-26-14-22-25-20(17)26)13-19-24-23-18(28(15)19)10-9-16-6-3-2-4-7-16/h2-8,11,14-15H,9-10,12-13H2,1H3/t15-/m0/s1. The monoisotopic (exact) mass is 387 g/mol. The van der Waals surface area contributed by atoms with Gasteiger partial charge in [0.15, 0.2) is 11.5 Å². The molecule has 1 aromatic carbocycles. The maximum atomic E-state index is 13.2. The summed E-state index contributed by atoms with van der Waals surface area (Å²) in [6, 6.07) is 14.1. The smallest absolute Gasteiger partial charge is 0.258 e. The first-order chi connectivity index (χ1) is 14.2. The molecule has 1 amide bonds. The van der Waals surface area contributed by atoms with Crippen LogP contribution in [-0.4, -0.2) is 46.7 Å². The molecule has 3 aromatic heterocycles. The van der Waals surface area contributed by atoms with E-state index < -0.39 is 0 Å². The van der Waals surface area contributed by atoms with Crippen molar-refractivity contribution < 1.29 is 4.79 Å². The van der Waals surface area contributed by atoms with Crippen molar-refractivity contribution >= 4 is 11.6 Å². The van der Waals surface area contributed by atoms with Gasteiger partial charge in [-0.3, -0.25) is 9.20 Å². The van der Waals surface area contributed by atoms with Crippen LogP contribution in [0.3, 0.4) is 0 Å². The zero-order valence-corrected chi connectivity index (χ0v) is 16.1. The molecule has 5 rings (SSSR count). The molecule has 0 saturated heterocycles. The first-order valence-electron chi connectivity index (χ1n) is 9.75. The van der Waals surface area contributed by atoms with Gasteiger partial charge in [0, 0.05) is 19.2 Å². The van der Waals surface area contributed by atoms with E-state index in [1.807, 2.05) is 23.2 Å². The van der Waals surface area contributed by atoms with Gasteiger partial charge in [-0.05, 0) is 31.0 Å². The third-order valence-electron chi connectivity index (χ3n) is 5.42. The third kappa shape index (κ3) is 3.16. The van der Waals surface area contributed by atoms with Gasteiger partial charge in [0.25, 0.3) is 5.91 Å². The molecule has 8 heteroatoms. The zero-order chi connectivity index (χ0) is 19.8. The summed E-state index contributed by atoms with van der Waals surface area (Å²) < 4.78 is 3.94. The number of rotatable bonds is 4. The number of benzene rings is 1. The summed E-state index contributed by atoms with van der Waals surface area (Å²) in [6.45, 7) is 3.16. The lowest BCUT2D eigenvalue weighted by Crippen LogP contribution is -2.41. The number of aryl methyl sites for hydroxylation is 2. The average Bonchev–Trinajstić information content (AvgIpc) is 3.39.